The average molecular weight is 388 g/mol. The van der Waals surface area contributed by atoms with E-state index >= 15 is 0 Å². The standard InChI is InChI=1S/C21H28N2O5/c1-26-17-8-14(9-18(27-2)20(17)28-3)21(25)22-10-13-7-15(12-22)16-5-4-6-19(24)23(16)11-13/h8-9,13,15-16H,4-7,10-12H2,1-3H3. The third-order valence-electron chi connectivity index (χ3n) is 6.38. The van der Waals surface area contributed by atoms with Crippen LogP contribution in [0.25, 0.3) is 0 Å². The molecule has 3 unspecified atom stereocenters. The second-order valence-electron chi connectivity index (χ2n) is 7.99. The first-order valence-electron chi connectivity index (χ1n) is 9.94. The van der Waals surface area contributed by atoms with E-state index in [0.29, 0.717) is 54.2 Å². The van der Waals surface area contributed by atoms with Crippen molar-refractivity contribution in [2.45, 2.75) is 31.7 Å². The maximum atomic E-state index is 13.3. The molecule has 0 spiro atoms. The van der Waals surface area contributed by atoms with Gasteiger partial charge in [0.15, 0.2) is 11.5 Å². The van der Waals surface area contributed by atoms with Gasteiger partial charge in [0.1, 0.15) is 0 Å². The third kappa shape index (κ3) is 3.16. The smallest absolute Gasteiger partial charge is 0.254 e. The normalized spacial score (nSPS) is 26.5. The summed E-state index contributed by atoms with van der Waals surface area (Å²) in [5.41, 5.74) is 0.533. The van der Waals surface area contributed by atoms with Crippen molar-refractivity contribution < 1.29 is 23.8 Å². The van der Waals surface area contributed by atoms with Crippen LogP contribution in [0.3, 0.4) is 0 Å². The lowest BCUT2D eigenvalue weighted by Crippen LogP contribution is -2.61. The summed E-state index contributed by atoms with van der Waals surface area (Å²) in [5.74, 6) is 2.41. The van der Waals surface area contributed by atoms with E-state index in [1.54, 1.807) is 33.5 Å². The van der Waals surface area contributed by atoms with Crippen LogP contribution in [0.2, 0.25) is 0 Å². The van der Waals surface area contributed by atoms with Crippen LogP contribution >= 0.6 is 0 Å². The molecule has 152 valence electrons. The molecule has 0 aliphatic carbocycles. The summed E-state index contributed by atoms with van der Waals surface area (Å²) in [6, 6.07) is 3.71. The fourth-order valence-corrected chi connectivity index (χ4v) is 5.16. The van der Waals surface area contributed by atoms with Crippen molar-refractivity contribution in [2.75, 3.05) is 41.0 Å². The number of likely N-dealkylation sites (tertiary alicyclic amines) is 1. The summed E-state index contributed by atoms with van der Waals surface area (Å²) in [5, 5.41) is 0. The minimum Gasteiger partial charge on any atom is -0.493 e. The molecule has 0 aromatic heterocycles. The number of nitrogens with zero attached hydrogens (tertiary/aromatic N) is 2. The van der Waals surface area contributed by atoms with Gasteiger partial charge < -0.3 is 24.0 Å². The molecule has 3 aliphatic rings. The summed E-state index contributed by atoms with van der Waals surface area (Å²) >= 11 is 0. The van der Waals surface area contributed by atoms with Gasteiger partial charge in [-0.15, -0.1) is 0 Å². The number of fused-ring (bicyclic) bond motifs is 4. The van der Waals surface area contributed by atoms with Gasteiger partial charge >= 0.3 is 0 Å². The van der Waals surface area contributed by atoms with Crippen LogP contribution < -0.4 is 14.2 Å². The van der Waals surface area contributed by atoms with Crippen molar-refractivity contribution in [3.63, 3.8) is 0 Å². The van der Waals surface area contributed by atoms with Gasteiger partial charge in [-0.2, -0.15) is 0 Å². The van der Waals surface area contributed by atoms with Crippen LogP contribution in [0, 0.1) is 11.8 Å². The topological polar surface area (TPSA) is 68.3 Å². The van der Waals surface area contributed by atoms with Gasteiger partial charge in [0.25, 0.3) is 5.91 Å². The van der Waals surface area contributed by atoms with E-state index in [-0.39, 0.29) is 17.9 Å². The Kier molecular flexibility index (Phi) is 5.08. The first-order chi connectivity index (χ1) is 13.5. The molecule has 3 aliphatic heterocycles. The summed E-state index contributed by atoms with van der Waals surface area (Å²) in [4.78, 5) is 29.6. The second-order valence-corrected chi connectivity index (χ2v) is 7.99. The number of rotatable bonds is 4. The number of amides is 2. The Morgan fingerprint density at radius 2 is 1.75 bits per heavy atom. The maximum absolute atomic E-state index is 13.3. The van der Waals surface area contributed by atoms with Crippen LogP contribution in [-0.2, 0) is 4.79 Å². The van der Waals surface area contributed by atoms with Crippen molar-refractivity contribution in [3.8, 4) is 17.2 Å². The Morgan fingerprint density at radius 1 is 1.04 bits per heavy atom. The second kappa shape index (κ2) is 7.53. The molecule has 3 atom stereocenters. The summed E-state index contributed by atoms with van der Waals surface area (Å²) in [6.07, 6.45) is 3.79. The molecule has 0 radical (unpaired) electrons. The Hall–Kier alpha value is -2.44. The minimum absolute atomic E-state index is 0.0236. The number of ether oxygens (including phenoxy) is 3. The van der Waals surface area contributed by atoms with Crippen molar-refractivity contribution in [3.05, 3.63) is 17.7 Å². The van der Waals surface area contributed by atoms with Crippen molar-refractivity contribution in [1.29, 1.82) is 0 Å². The van der Waals surface area contributed by atoms with Crippen molar-refractivity contribution in [2.24, 2.45) is 11.8 Å². The van der Waals surface area contributed by atoms with Crippen molar-refractivity contribution >= 4 is 11.8 Å². The fraction of sp³-hybridized carbons (Fsp3) is 0.619. The number of hydrogen-bond donors (Lipinski definition) is 0. The van der Waals surface area contributed by atoms with Crippen molar-refractivity contribution in [1.82, 2.24) is 9.80 Å². The molecular weight excluding hydrogens is 360 g/mol. The highest BCUT2D eigenvalue weighted by atomic mass is 16.5. The van der Waals surface area contributed by atoms with Crippen LogP contribution in [0.15, 0.2) is 12.1 Å². The maximum Gasteiger partial charge on any atom is 0.254 e. The quantitative estimate of drug-likeness (QED) is 0.791. The average Bonchev–Trinajstić information content (AvgIpc) is 2.72. The summed E-state index contributed by atoms with van der Waals surface area (Å²) in [6.45, 7) is 2.15. The first-order valence-corrected chi connectivity index (χ1v) is 9.94. The molecule has 1 aromatic rings. The zero-order valence-corrected chi connectivity index (χ0v) is 16.8. The molecule has 7 nitrogen and oxygen atoms in total. The van der Waals surface area contributed by atoms with Gasteiger partial charge in [-0.05, 0) is 43.2 Å². The zero-order valence-electron chi connectivity index (χ0n) is 16.8. The van der Waals surface area contributed by atoms with E-state index < -0.39 is 0 Å². The van der Waals surface area contributed by atoms with Gasteiger partial charge in [0.2, 0.25) is 11.7 Å². The fourth-order valence-electron chi connectivity index (χ4n) is 5.16. The Morgan fingerprint density at radius 3 is 2.39 bits per heavy atom. The first kappa shape index (κ1) is 18.9. The van der Waals surface area contributed by atoms with E-state index in [1.165, 1.54) is 0 Å². The number of methoxy groups -OCH3 is 3. The van der Waals surface area contributed by atoms with E-state index in [9.17, 15) is 9.59 Å². The number of carbonyl (C=O) groups excluding carboxylic acids is 2. The summed E-state index contributed by atoms with van der Waals surface area (Å²) < 4.78 is 16.1. The molecule has 28 heavy (non-hydrogen) atoms. The largest absolute Gasteiger partial charge is 0.493 e. The van der Waals surface area contributed by atoms with E-state index in [2.05, 4.69) is 4.90 Å². The molecule has 7 heteroatoms. The van der Waals surface area contributed by atoms with Crippen LogP contribution in [0.5, 0.6) is 17.2 Å². The lowest BCUT2D eigenvalue weighted by Gasteiger charge is -2.52. The minimum atomic E-state index is -0.0236. The SMILES string of the molecule is COc1cc(C(=O)N2CC3CC(C2)C2CCCC(=O)N2C3)cc(OC)c1OC. The monoisotopic (exact) mass is 388 g/mol. The Bertz CT molecular complexity index is 755. The highest BCUT2D eigenvalue weighted by molar-refractivity contribution is 5.95. The zero-order chi connectivity index (χ0) is 19.8. The molecule has 3 saturated heterocycles. The number of carbonyl (C=O) groups is 2. The summed E-state index contributed by atoms with van der Waals surface area (Å²) in [7, 11) is 4.64. The molecular formula is C21H28N2O5. The molecule has 0 N–H and O–H groups in total. The Balaban J connectivity index is 1.57. The molecule has 2 amide bonds. The predicted molar refractivity (Wildman–Crippen MR) is 103 cm³/mol. The van der Waals surface area contributed by atoms with Gasteiger partial charge in [0.05, 0.1) is 21.3 Å². The highest BCUT2D eigenvalue weighted by Gasteiger charge is 2.45. The van der Waals surface area contributed by atoms with Crippen LogP contribution in [-0.4, -0.2) is 68.6 Å². The van der Waals surface area contributed by atoms with E-state index in [1.807, 2.05) is 4.90 Å². The van der Waals surface area contributed by atoms with Crippen LogP contribution in [0.1, 0.15) is 36.0 Å². The van der Waals surface area contributed by atoms with Gasteiger partial charge in [-0.1, -0.05) is 0 Å². The predicted octanol–water partition coefficient (Wildman–Crippen LogP) is 2.19. The highest BCUT2D eigenvalue weighted by Crippen LogP contribution is 2.41. The van der Waals surface area contributed by atoms with Gasteiger partial charge in [-0.25, -0.2) is 0 Å². The van der Waals surface area contributed by atoms with Crippen LogP contribution in [0.4, 0.5) is 0 Å². The lowest BCUT2D eigenvalue weighted by molar-refractivity contribution is -0.144. The molecule has 0 saturated carbocycles. The Labute approximate surface area is 165 Å². The molecule has 2 bridgehead atoms. The number of benzene rings is 1. The third-order valence-corrected chi connectivity index (χ3v) is 6.38. The molecule has 3 fully saturated rings. The lowest BCUT2D eigenvalue weighted by atomic mass is 9.76. The number of hydrogen-bond acceptors (Lipinski definition) is 5. The van der Waals surface area contributed by atoms with Gasteiger partial charge in [-0.3, -0.25) is 9.59 Å². The molecule has 4 rings (SSSR count). The van der Waals surface area contributed by atoms with Gasteiger partial charge in [0, 0.05) is 37.7 Å². The molecule has 3 heterocycles. The van der Waals surface area contributed by atoms with E-state index in [4.69, 9.17) is 14.2 Å². The molecule has 1 aromatic carbocycles. The number of piperidine rings is 3. The van der Waals surface area contributed by atoms with E-state index in [0.717, 1.165) is 25.8 Å².